The van der Waals surface area contributed by atoms with Crippen molar-refractivity contribution in [2.24, 2.45) is 22.9 Å². The third-order valence-electron chi connectivity index (χ3n) is 22.7. The number of unbranched alkanes of at least 4 members (excludes halogenated alkanes) is 2. The smallest absolute Gasteiger partial charge is 0.246 e. The van der Waals surface area contributed by atoms with Gasteiger partial charge in [0, 0.05) is 113 Å². The number of aromatic nitrogens is 2. The average molecular weight is 1830 g/mol. The van der Waals surface area contributed by atoms with E-state index < -0.39 is 211 Å². The molecular weight excluding hydrogens is 1700 g/mol. The predicted octanol–water partition coefficient (Wildman–Crippen LogP) is -2.86. The van der Waals surface area contributed by atoms with E-state index in [-0.39, 0.29) is 108 Å². The second kappa shape index (κ2) is 51.9. The second-order valence-corrected chi connectivity index (χ2v) is 33.3. The van der Waals surface area contributed by atoms with E-state index in [0.717, 1.165) is 16.7 Å². The predicted molar refractivity (Wildman–Crippen MR) is 483 cm³/mol. The number of para-hydroxylation sites is 2. The van der Waals surface area contributed by atoms with Crippen LogP contribution in [0.1, 0.15) is 147 Å². The highest BCUT2D eigenvalue weighted by atomic mass is 32.2. The van der Waals surface area contributed by atoms with Crippen LogP contribution in [0.4, 0.5) is 0 Å². The number of benzene rings is 3. The number of primary amides is 2. The lowest BCUT2D eigenvalue weighted by atomic mass is 10.00. The van der Waals surface area contributed by atoms with E-state index in [2.05, 4.69) is 73.8 Å². The number of phenols is 1. The number of aliphatic hydroxyl groups is 1. The number of hydrogen-bond donors (Lipinski definition) is 21. The van der Waals surface area contributed by atoms with E-state index in [4.69, 9.17) is 28.3 Å². The number of hydrogen-bond acceptors (Lipinski definition) is 22. The molecule has 2 aliphatic rings. The number of fused-ring (bicyclic) bond motifs is 2. The standard InChI is InChI=1S/C87H127N23O19S/c1-8-12-27-66(80(123)100-57(26-18-35-94-87(91)92)76(119)106-65(75(118)97-45-71(90)114)47-130-48-73(116)98-59(74(117)93-5)38-49-31-33-52(112)34-32-49)107(6)86(129)69(28-13-9-2)108(7)83(126)61(40-51-44-96-56-25-17-15-23-54(51)56)103-79(122)64(46-111)105-77(120)60(39-50-43-95-55-24-16-14-22-53(50)55)102-81(124)67-29-19-36-109(67)84(127)58(21-10-3)101-78(121)63(42-88)104-82(125)68-30-20-37-110(68)85(128)62(41-70(89)113)99-72(115)11-4/h14-17,22-25,31-34,43-44,57-69,95-96,111-112H,8-13,18-21,26-30,35-42,45-48,88H2,1-7H3,(H2,89,113)(H2,90,114)(H,93,117)(H,97,118)(H,98,116)(H,99,115)(H,100,123)(H,101,121)(H,102,124)(H,103,122)(H,104,125)(H,105,120)(H,106,119)(H4,91,92,94). The molecule has 0 spiro atoms. The average Bonchev–Trinajstić information content (AvgIpc) is 1.34. The summed E-state index contributed by atoms with van der Waals surface area (Å²) in [6.07, 6.45) is 5.25. The van der Waals surface area contributed by atoms with E-state index >= 15 is 24.0 Å². The summed E-state index contributed by atoms with van der Waals surface area (Å²) in [6, 6.07) is 2.06. The highest BCUT2D eigenvalue weighted by molar-refractivity contribution is 8.00. The molecule has 43 heteroatoms. The number of carbonyl (C=O) groups excluding carboxylic acids is 17. The zero-order chi connectivity index (χ0) is 95.4. The summed E-state index contributed by atoms with van der Waals surface area (Å²) in [5.41, 5.74) is 25.5. The van der Waals surface area contributed by atoms with Crippen molar-refractivity contribution in [1.82, 2.24) is 93.4 Å². The number of H-pyrrole nitrogens is 2. The zero-order valence-electron chi connectivity index (χ0n) is 74.5. The Morgan fingerprint density at radius 1 is 0.508 bits per heavy atom. The van der Waals surface area contributed by atoms with Gasteiger partial charge in [-0.15, -0.1) is 11.8 Å². The van der Waals surface area contributed by atoms with Gasteiger partial charge in [-0.25, -0.2) is 0 Å². The molecule has 130 heavy (non-hydrogen) atoms. The van der Waals surface area contributed by atoms with Gasteiger partial charge in [-0.05, 0) is 98.7 Å². The molecule has 710 valence electrons. The molecule has 5 aromatic rings. The van der Waals surface area contributed by atoms with Crippen molar-refractivity contribution in [3.05, 3.63) is 102 Å². The number of amides is 17. The maximum Gasteiger partial charge on any atom is 0.246 e. The van der Waals surface area contributed by atoms with Gasteiger partial charge in [-0.1, -0.05) is 108 Å². The van der Waals surface area contributed by atoms with Crippen molar-refractivity contribution < 1.29 is 91.7 Å². The fraction of sp³-hybridized carbons (Fsp3) is 0.540. The second-order valence-electron chi connectivity index (χ2n) is 32.3. The SMILES string of the molecule is CCCCC(C(=O)N(C)C(CCCC)C(=O)NC(CCCNC(=N)N)C(=O)NC(CSCC(=O)NC(Cc1ccc(O)cc1)C(=O)NC)C(=O)NCC(N)=O)N(C)C(=O)C(Cc1c[nH]c2ccccc12)NC(=O)C(CO)NC(=O)C(Cc1c[nH]c2ccccc12)NC(=O)C1CCCN1C(=O)C(CCC)NC(=O)C(CN)NC(=O)C1CCCN1C(=O)C(CC(N)=O)NC(=O)CC. The number of guanidine groups is 1. The Balaban J connectivity index is 1.11. The van der Waals surface area contributed by atoms with E-state index in [0.29, 0.717) is 83.4 Å². The first-order chi connectivity index (χ1) is 62.1. The maximum atomic E-state index is 15.7. The van der Waals surface area contributed by atoms with Crippen LogP contribution in [0.2, 0.25) is 0 Å². The summed E-state index contributed by atoms with van der Waals surface area (Å²) >= 11 is 0.878. The van der Waals surface area contributed by atoms with Gasteiger partial charge in [0.25, 0.3) is 0 Å². The van der Waals surface area contributed by atoms with Crippen LogP contribution in [0.5, 0.6) is 5.75 Å². The van der Waals surface area contributed by atoms with Crippen LogP contribution in [0.25, 0.3) is 21.8 Å². The molecular formula is C87H127N23O19S. The molecule has 4 heterocycles. The number of nitrogens with two attached hydrogens (primary N) is 4. The summed E-state index contributed by atoms with van der Waals surface area (Å²) in [5.74, 6) is -14.7. The highest BCUT2D eigenvalue weighted by Gasteiger charge is 2.45. The Hall–Kier alpha value is -12.9. The molecule has 3 aromatic carbocycles. The molecule has 42 nitrogen and oxygen atoms in total. The molecule has 2 fully saturated rings. The summed E-state index contributed by atoms with van der Waals surface area (Å²) in [4.78, 5) is 250. The Kier molecular flexibility index (Phi) is 41.6. The van der Waals surface area contributed by atoms with Crippen LogP contribution < -0.4 is 86.7 Å². The topological polar surface area (TPSA) is 647 Å². The van der Waals surface area contributed by atoms with Crippen molar-refractivity contribution in [2.45, 2.75) is 228 Å². The number of nitrogens with one attached hydrogen (secondary N) is 15. The minimum absolute atomic E-state index is 0.00746. The molecule has 13 atom stereocenters. The number of aliphatic hydroxyl groups excluding tert-OH is 1. The van der Waals surface area contributed by atoms with E-state index in [9.17, 15) is 67.7 Å². The molecule has 2 saturated heterocycles. The number of aromatic amines is 2. The quantitative estimate of drug-likeness (QED) is 0.0106. The number of phenolic OH excluding ortho intramolecular Hbond substituents is 1. The van der Waals surface area contributed by atoms with Crippen molar-refractivity contribution in [3.8, 4) is 5.75 Å². The van der Waals surface area contributed by atoms with Gasteiger partial charge in [0.2, 0.25) is 100 Å². The van der Waals surface area contributed by atoms with Gasteiger partial charge >= 0.3 is 0 Å². The van der Waals surface area contributed by atoms with Crippen molar-refractivity contribution in [2.75, 3.05) is 72.0 Å². The Morgan fingerprint density at radius 2 is 1.01 bits per heavy atom. The number of carbonyl (C=O) groups is 17. The van der Waals surface area contributed by atoms with Gasteiger partial charge in [0.1, 0.15) is 84.3 Å². The van der Waals surface area contributed by atoms with Crippen LogP contribution in [-0.4, -0.2) is 297 Å². The first kappa shape index (κ1) is 104. The van der Waals surface area contributed by atoms with E-state index in [1.165, 1.54) is 48.0 Å². The number of likely N-dealkylation sites (N-methyl/N-ethyl adjacent to an activating group) is 3. The van der Waals surface area contributed by atoms with Gasteiger partial charge in [-0.2, -0.15) is 0 Å². The number of aromatic hydroxyl groups is 1. The fourth-order valence-corrected chi connectivity index (χ4v) is 16.5. The molecule has 0 saturated carbocycles. The third kappa shape index (κ3) is 30.4. The summed E-state index contributed by atoms with van der Waals surface area (Å²) < 4.78 is 0. The zero-order valence-corrected chi connectivity index (χ0v) is 75.3. The van der Waals surface area contributed by atoms with Crippen LogP contribution in [0.3, 0.4) is 0 Å². The van der Waals surface area contributed by atoms with E-state index in [1.807, 2.05) is 13.8 Å². The van der Waals surface area contributed by atoms with Crippen molar-refractivity contribution in [3.63, 3.8) is 0 Å². The molecule has 2 aliphatic heterocycles. The molecule has 17 amide bonds. The largest absolute Gasteiger partial charge is 0.508 e. The minimum Gasteiger partial charge on any atom is -0.508 e. The van der Waals surface area contributed by atoms with Gasteiger partial charge in [0.15, 0.2) is 5.96 Å². The first-order valence-electron chi connectivity index (χ1n) is 43.9. The van der Waals surface area contributed by atoms with Crippen molar-refractivity contribution >= 4 is 140 Å². The molecule has 13 unspecified atom stereocenters. The molecule has 0 aliphatic carbocycles. The maximum absolute atomic E-state index is 15.7. The lowest BCUT2D eigenvalue weighted by molar-refractivity contribution is -0.149. The Bertz CT molecular complexity index is 4800. The fourth-order valence-electron chi connectivity index (χ4n) is 15.6. The normalized spacial score (nSPS) is 16.1. The number of thioether (sulfide) groups is 1. The van der Waals surface area contributed by atoms with Gasteiger partial charge in [-0.3, -0.25) is 86.9 Å². The van der Waals surface area contributed by atoms with Gasteiger partial charge < -0.3 is 127 Å². The molecule has 25 N–H and O–H groups in total. The van der Waals surface area contributed by atoms with Crippen LogP contribution in [0.15, 0.2) is 85.2 Å². The molecule has 7 rings (SSSR count). The Labute approximate surface area is 757 Å². The van der Waals surface area contributed by atoms with Gasteiger partial charge in [0.05, 0.1) is 25.3 Å². The monoisotopic (exact) mass is 1830 g/mol. The lowest BCUT2D eigenvalue weighted by Gasteiger charge is -2.36. The number of likely N-dealkylation sites (tertiary alicyclic amines) is 2. The summed E-state index contributed by atoms with van der Waals surface area (Å²) in [7, 11) is 4.10. The lowest BCUT2D eigenvalue weighted by Crippen LogP contribution is -2.62. The van der Waals surface area contributed by atoms with E-state index in [1.54, 1.807) is 86.9 Å². The number of rotatable bonds is 53. The Morgan fingerprint density at radius 3 is 1.55 bits per heavy atom. The highest BCUT2D eigenvalue weighted by Crippen LogP contribution is 2.27. The van der Waals surface area contributed by atoms with Crippen LogP contribution in [0, 0.1) is 5.41 Å². The summed E-state index contributed by atoms with van der Waals surface area (Å²) in [5, 5.41) is 61.5. The van der Waals surface area contributed by atoms with Crippen LogP contribution in [-0.2, 0) is 101 Å². The van der Waals surface area contributed by atoms with Crippen molar-refractivity contribution in [1.29, 1.82) is 5.41 Å². The third-order valence-corrected chi connectivity index (χ3v) is 23.8. The first-order valence-corrected chi connectivity index (χ1v) is 45.0. The minimum atomic E-state index is -1.84. The number of nitrogens with zero attached hydrogens (tertiary/aromatic N) is 4. The van der Waals surface area contributed by atoms with Crippen LogP contribution >= 0.6 is 11.8 Å². The molecule has 2 aromatic heterocycles. The molecule has 0 bridgehead atoms. The molecule has 0 radical (unpaired) electrons. The summed E-state index contributed by atoms with van der Waals surface area (Å²) in [6.45, 7) is 4.96.